The van der Waals surface area contributed by atoms with Crippen molar-refractivity contribution in [1.29, 1.82) is 0 Å². The van der Waals surface area contributed by atoms with Gasteiger partial charge in [0.25, 0.3) is 5.91 Å². The van der Waals surface area contributed by atoms with Gasteiger partial charge in [-0.05, 0) is 13.3 Å². The summed E-state index contributed by atoms with van der Waals surface area (Å²) in [5.74, 6) is 0.343. The van der Waals surface area contributed by atoms with E-state index in [1.54, 1.807) is 6.92 Å². The molecular weight excluding hydrogens is 182 g/mol. The topological polar surface area (TPSA) is 81.1 Å². The zero-order valence-electron chi connectivity index (χ0n) is 8.41. The smallest absolute Gasteiger partial charge is 0.256 e. The lowest BCUT2D eigenvalue weighted by atomic mass is 10.2. The van der Waals surface area contributed by atoms with E-state index in [0.717, 1.165) is 6.42 Å². The van der Waals surface area contributed by atoms with Crippen LogP contribution in [0.1, 0.15) is 29.5 Å². The molecule has 1 aromatic heterocycles. The summed E-state index contributed by atoms with van der Waals surface area (Å²) in [6, 6.07) is 0.0109. The summed E-state index contributed by atoms with van der Waals surface area (Å²) in [5, 5.41) is 6.33. The van der Waals surface area contributed by atoms with E-state index in [4.69, 9.17) is 10.3 Å². The van der Waals surface area contributed by atoms with Crippen LogP contribution < -0.4 is 11.1 Å². The summed E-state index contributed by atoms with van der Waals surface area (Å²) in [6.07, 6.45) is 2.22. The molecule has 0 aliphatic carbocycles. The first-order valence-corrected chi connectivity index (χ1v) is 4.61. The monoisotopic (exact) mass is 197 g/mol. The van der Waals surface area contributed by atoms with Crippen LogP contribution in [0.2, 0.25) is 0 Å². The number of carbonyl (C=O) groups is 1. The summed E-state index contributed by atoms with van der Waals surface area (Å²) >= 11 is 0. The number of aromatic nitrogens is 1. The van der Waals surface area contributed by atoms with Crippen LogP contribution >= 0.6 is 0 Å². The van der Waals surface area contributed by atoms with Crippen molar-refractivity contribution in [3.8, 4) is 0 Å². The first kappa shape index (κ1) is 10.7. The van der Waals surface area contributed by atoms with Gasteiger partial charge in [-0.1, -0.05) is 12.1 Å². The van der Waals surface area contributed by atoms with Gasteiger partial charge in [0, 0.05) is 12.6 Å². The molecule has 0 spiro atoms. The average molecular weight is 197 g/mol. The Morgan fingerprint density at radius 1 is 1.79 bits per heavy atom. The Hall–Kier alpha value is -1.36. The van der Waals surface area contributed by atoms with Gasteiger partial charge in [-0.2, -0.15) is 0 Å². The summed E-state index contributed by atoms with van der Waals surface area (Å²) in [7, 11) is 0. The fourth-order valence-electron chi connectivity index (χ4n) is 1.11. The van der Waals surface area contributed by atoms with Crippen molar-refractivity contribution in [3.05, 3.63) is 17.5 Å². The summed E-state index contributed by atoms with van der Waals surface area (Å²) in [4.78, 5) is 11.6. The highest BCUT2D eigenvalue weighted by molar-refractivity contribution is 5.94. The number of nitrogens with two attached hydrogens (primary N) is 1. The number of carbonyl (C=O) groups excluding carboxylic acids is 1. The third kappa shape index (κ3) is 2.32. The zero-order chi connectivity index (χ0) is 10.6. The number of aryl methyl sites for hydroxylation is 1. The number of hydrogen-bond acceptors (Lipinski definition) is 4. The molecule has 14 heavy (non-hydrogen) atoms. The molecule has 3 N–H and O–H groups in total. The normalized spacial score (nSPS) is 12.5. The fourth-order valence-corrected chi connectivity index (χ4v) is 1.11. The van der Waals surface area contributed by atoms with E-state index in [-0.39, 0.29) is 11.9 Å². The second kappa shape index (κ2) is 4.76. The lowest BCUT2D eigenvalue weighted by Crippen LogP contribution is -2.39. The number of nitrogens with one attached hydrogen (secondary N) is 1. The van der Waals surface area contributed by atoms with E-state index < -0.39 is 0 Å². The van der Waals surface area contributed by atoms with Crippen molar-refractivity contribution >= 4 is 5.91 Å². The predicted octanol–water partition coefficient (Wildman–Crippen LogP) is 0.450. The van der Waals surface area contributed by atoms with Crippen LogP contribution in [0.4, 0.5) is 0 Å². The molecule has 1 amide bonds. The third-order valence-corrected chi connectivity index (χ3v) is 2.11. The largest absolute Gasteiger partial charge is 0.361 e. The number of rotatable bonds is 4. The molecule has 5 heteroatoms. The van der Waals surface area contributed by atoms with Crippen molar-refractivity contribution in [1.82, 2.24) is 10.5 Å². The van der Waals surface area contributed by atoms with E-state index in [1.165, 1.54) is 6.20 Å². The molecular formula is C9H15N3O2. The molecule has 0 bridgehead atoms. The molecule has 1 heterocycles. The van der Waals surface area contributed by atoms with E-state index >= 15 is 0 Å². The SMILES string of the molecule is CCC(CN)NC(=O)c1cnoc1C. The number of hydrogen-bond donors (Lipinski definition) is 2. The fraction of sp³-hybridized carbons (Fsp3) is 0.556. The van der Waals surface area contributed by atoms with E-state index in [0.29, 0.717) is 17.9 Å². The molecule has 78 valence electrons. The van der Waals surface area contributed by atoms with Crippen molar-refractivity contribution in [2.24, 2.45) is 5.73 Å². The average Bonchev–Trinajstić information content (AvgIpc) is 2.60. The Balaban J connectivity index is 2.63. The van der Waals surface area contributed by atoms with Crippen molar-refractivity contribution in [3.63, 3.8) is 0 Å². The Labute approximate surface area is 82.6 Å². The molecule has 0 radical (unpaired) electrons. The molecule has 0 saturated carbocycles. The standard InChI is InChI=1S/C9H15N3O2/c1-3-7(4-10)12-9(13)8-5-11-14-6(8)2/h5,7H,3-4,10H2,1-2H3,(H,12,13). The Morgan fingerprint density at radius 2 is 2.50 bits per heavy atom. The zero-order valence-corrected chi connectivity index (χ0v) is 8.41. The minimum Gasteiger partial charge on any atom is -0.361 e. The minimum absolute atomic E-state index is 0.0109. The highest BCUT2D eigenvalue weighted by Gasteiger charge is 2.15. The predicted molar refractivity (Wildman–Crippen MR) is 51.8 cm³/mol. The molecule has 0 aliphatic heterocycles. The first-order valence-electron chi connectivity index (χ1n) is 4.61. The van der Waals surface area contributed by atoms with Gasteiger partial charge in [0.1, 0.15) is 11.3 Å². The van der Waals surface area contributed by atoms with Crippen LogP contribution in [0, 0.1) is 6.92 Å². The lowest BCUT2D eigenvalue weighted by molar-refractivity contribution is 0.0935. The summed E-state index contributed by atoms with van der Waals surface area (Å²) < 4.78 is 4.79. The maximum Gasteiger partial charge on any atom is 0.256 e. The third-order valence-electron chi connectivity index (χ3n) is 2.11. The molecule has 1 atom stereocenters. The van der Waals surface area contributed by atoms with Gasteiger partial charge in [0.15, 0.2) is 0 Å². The molecule has 1 aromatic rings. The molecule has 0 fully saturated rings. The molecule has 5 nitrogen and oxygen atoms in total. The van der Waals surface area contributed by atoms with Crippen molar-refractivity contribution in [2.75, 3.05) is 6.54 Å². The Kier molecular flexibility index (Phi) is 3.64. The van der Waals surface area contributed by atoms with Crippen molar-refractivity contribution < 1.29 is 9.32 Å². The molecule has 1 rings (SSSR count). The van der Waals surface area contributed by atoms with Gasteiger partial charge in [-0.25, -0.2) is 0 Å². The van der Waals surface area contributed by atoms with Gasteiger partial charge in [0.2, 0.25) is 0 Å². The molecule has 0 saturated heterocycles. The number of nitrogens with zero attached hydrogens (tertiary/aromatic N) is 1. The van der Waals surface area contributed by atoms with Gasteiger partial charge < -0.3 is 15.6 Å². The maximum absolute atomic E-state index is 11.6. The van der Waals surface area contributed by atoms with Gasteiger partial charge in [0.05, 0.1) is 6.20 Å². The van der Waals surface area contributed by atoms with E-state index in [2.05, 4.69) is 10.5 Å². The van der Waals surface area contributed by atoms with Gasteiger partial charge >= 0.3 is 0 Å². The summed E-state index contributed by atoms with van der Waals surface area (Å²) in [6.45, 7) is 4.11. The Morgan fingerprint density at radius 3 is 2.93 bits per heavy atom. The van der Waals surface area contributed by atoms with Crippen LogP contribution in [-0.2, 0) is 0 Å². The van der Waals surface area contributed by atoms with Crippen LogP contribution in [0.3, 0.4) is 0 Å². The van der Waals surface area contributed by atoms with Crippen LogP contribution in [0.5, 0.6) is 0 Å². The van der Waals surface area contributed by atoms with Crippen LogP contribution in [-0.4, -0.2) is 23.7 Å². The van der Waals surface area contributed by atoms with E-state index in [1.807, 2.05) is 6.92 Å². The Bertz CT molecular complexity index is 305. The highest BCUT2D eigenvalue weighted by atomic mass is 16.5. The lowest BCUT2D eigenvalue weighted by Gasteiger charge is -2.13. The maximum atomic E-state index is 11.6. The van der Waals surface area contributed by atoms with E-state index in [9.17, 15) is 4.79 Å². The van der Waals surface area contributed by atoms with Gasteiger partial charge in [-0.3, -0.25) is 4.79 Å². The molecule has 1 unspecified atom stereocenters. The van der Waals surface area contributed by atoms with Gasteiger partial charge in [-0.15, -0.1) is 0 Å². The molecule has 0 aliphatic rings. The van der Waals surface area contributed by atoms with Crippen LogP contribution in [0.25, 0.3) is 0 Å². The second-order valence-corrected chi connectivity index (χ2v) is 3.11. The highest BCUT2D eigenvalue weighted by Crippen LogP contribution is 2.05. The minimum atomic E-state index is -0.180. The molecule has 0 aromatic carbocycles. The first-order chi connectivity index (χ1) is 6.69. The number of amides is 1. The van der Waals surface area contributed by atoms with Crippen molar-refractivity contribution in [2.45, 2.75) is 26.3 Å². The second-order valence-electron chi connectivity index (χ2n) is 3.11. The quantitative estimate of drug-likeness (QED) is 0.734. The summed E-state index contributed by atoms with van der Waals surface area (Å²) in [5.41, 5.74) is 5.94. The van der Waals surface area contributed by atoms with Crippen LogP contribution in [0.15, 0.2) is 10.7 Å².